The maximum absolute atomic E-state index is 14.7. The van der Waals surface area contributed by atoms with Crippen LogP contribution in [0.15, 0.2) is 48.5 Å². The van der Waals surface area contributed by atoms with E-state index in [2.05, 4.69) is 63.0 Å². The third kappa shape index (κ3) is 5.60. The molecule has 0 aromatic heterocycles. The summed E-state index contributed by atoms with van der Waals surface area (Å²) < 4.78 is 14.7. The van der Waals surface area contributed by atoms with Crippen LogP contribution in [0.5, 0.6) is 0 Å². The predicted molar refractivity (Wildman–Crippen MR) is 123 cm³/mol. The molecule has 0 N–H and O–H groups in total. The molecule has 2 aliphatic rings. The Labute approximate surface area is 180 Å². The Morgan fingerprint density at radius 1 is 0.767 bits per heavy atom. The van der Waals surface area contributed by atoms with Crippen molar-refractivity contribution in [2.45, 2.75) is 19.4 Å². The molecule has 2 heterocycles. The number of rotatable bonds is 7. The second kappa shape index (κ2) is 10.4. The van der Waals surface area contributed by atoms with Gasteiger partial charge in [0.25, 0.3) is 0 Å². The van der Waals surface area contributed by atoms with Crippen LogP contribution in [0.2, 0.25) is 0 Å². The minimum atomic E-state index is -0.0439. The van der Waals surface area contributed by atoms with Gasteiger partial charge in [0.2, 0.25) is 0 Å². The molecule has 2 fully saturated rings. The molecule has 0 amide bonds. The van der Waals surface area contributed by atoms with Gasteiger partial charge in [0.1, 0.15) is 5.82 Å². The molecular weight excluding hydrogens is 375 g/mol. The van der Waals surface area contributed by atoms with Crippen LogP contribution in [0.4, 0.5) is 10.1 Å². The van der Waals surface area contributed by atoms with Crippen molar-refractivity contribution in [3.05, 3.63) is 65.5 Å². The summed E-state index contributed by atoms with van der Waals surface area (Å²) in [7, 11) is 2.18. The predicted octanol–water partition coefficient (Wildman–Crippen LogP) is 3.33. The lowest BCUT2D eigenvalue weighted by molar-refractivity contribution is 0.153. The van der Waals surface area contributed by atoms with Crippen molar-refractivity contribution in [3.63, 3.8) is 0 Å². The first-order chi connectivity index (χ1) is 14.7. The smallest absolute Gasteiger partial charge is 0.128 e. The third-order valence-electron chi connectivity index (χ3n) is 6.55. The molecule has 0 saturated carbocycles. The molecule has 5 heteroatoms. The molecule has 0 unspecified atom stereocenters. The van der Waals surface area contributed by atoms with E-state index >= 15 is 0 Å². The molecule has 30 heavy (non-hydrogen) atoms. The summed E-state index contributed by atoms with van der Waals surface area (Å²) in [6.45, 7) is 10.5. The van der Waals surface area contributed by atoms with E-state index in [1.165, 1.54) is 5.56 Å². The highest BCUT2D eigenvalue weighted by atomic mass is 19.1. The average molecular weight is 411 g/mol. The minimum absolute atomic E-state index is 0.0439. The van der Waals surface area contributed by atoms with E-state index < -0.39 is 0 Å². The fourth-order valence-electron chi connectivity index (χ4n) is 4.63. The van der Waals surface area contributed by atoms with Gasteiger partial charge in [-0.05, 0) is 44.1 Å². The van der Waals surface area contributed by atoms with Gasteiger partial charge in [-0.25, -0.2) is 4.39 Å². The van der Waals surface area contributed by atoms with Gasteiger partial charge in [0.05, 0.1) is 0 Å². The quantitative estimate of drug-likeness (QED) is 0.694. The van der Waals surface area contributed by atoms with Gasteiger partial charge in [-0.2, -0.15) is 0 Å². The first-order valence-corrected chi connectivity index (χ1v) is 11.4. The van der Waals surface area contributed by atoms with E-state index in [1.807, 2.05) is 6.07 Å². The van der Waals surface area contributed by atoms with E-state index in [0.29, 0.717) is 0 Å². The molecule has 0 atom stereocenters. The third-order valence-corrected chi connectivity index (χ3v) is 6.55. The molecule has 2 aromatic rings. The molecule has 0 spiro atoms. The number of nitrogens with zero attached hydrogens (tertiary/aromatic N) is 4. The lowest BCUT2D eigenvalue weighted by Crippen LogP contribution is -2.46. The highest BCUT2D eigenvalue weighted by Crippen LogP contribution is 2.26. The van der Waals surface area contributed by atoms with Crippen molar-refractivity contribution in [1.29, 1.82) is 0 Å². The summed E-state index contributed by atoms with van der Waals surface area (Å²) >= 11 is 0. The summed E-state index contributed by atoms with van der Waals surface area (Å²) in [5.74, 6) is -0.0439. The SMILES string of the molecule is CN1CCN(CCCc2c(F)cccc2N2CCN(Cc3ccccc3)CC2)CC1. The maximum Gasteiger partial charge on any atom is 0.128 e. The van der Waals surface area contributed by atoms with Crippen molar-refractivity contribution in [2.75, 3.05) is 70.9 Å². The summed E-state index contributed by atoms with van der Waals surface area (Å²) in [6.07, 6.45) is 1.84. The summed E-state index contributed by atoms with van der Waals surface area (Å²) in [5.41, 5.74) is 3.37. The Balaban J connectivity index is 1.31. The number of hydrogen-bond donors (Lipinski definition) is 0. The van der Waals surface area contributed by atoms with E-state index in [-0.39, 0.29) is 5.82 Å². The van der Waals surface area contributed by atoms with Crippen LogP contribution < -0.4 is 4.90 Å². The van der Waals surface area contributed by atoms with Crippen LogP contribution >= 0.6 is 0 Å². The largest absolute Gasteiger partial charge is 0.369 e. The summed E-state index contributed by atoms with van der Waals surface area (Å²) in [5, 5.41) is 0. The molecule has 2 saturated heterocycles. The Morgan fingerprint density at radius 2 is 1.47 bits per heavy atom. The van der Waals surface area contributed by atoms with E-state index in [4.69, 9.17) is 0 Å². The van der Waals surface area contributed by atoms with Crippen LogP contribution in [0.25, 0.3) is 0 Å². The van der Waals surface area contributed by atoms with E-state index in [1.54, 1.807) is 6.07 Å². The van der Waals surface area contributed by atoms with Gasteiger partial charge in [-0.3, -0.25) is 4.90 Å². The maximum atomic E-state index is 14.7. The van der Waals surface area contributed by atoms with Crippen molar-refractivity contribution >= 4 is 5.69 Å². The van der Waals surface area contributed by atoms with Crippen molar-refractivity contribution in [1.82, 2.24) is 14.7 Å². The van der Waals surface area contributed by atoms with Crippen LogP contribution in [0.1, 0.15) is 17.5 Å². The Bertz CT molecular complexity index is 781. The lowest BCUT2D eigenvalue weighted by atomic mass is 10.0. The molecule has 162 valence electrons. The van der Waals surface area contributed by atoms with Gasteiger partial charge in [0.15, 0.2) is 0 Å². The normalized spacial score (nSPS) is 19.3. The van der Waals surface area contributed by atoms with Crippen LogP contribution in [0, 0.1) is 5.82 Å². The molecule has 0 bridgehead atoms. The molecule has 2 aromatic carbocycles. The topological polar surface area (TPSA) is 13.0 Å². The molecule has 4 nitrogen and oxygen atoms in total. The van der Waals surface area contributed by atoms with Gasteiger partial charge in [-0.15, -0.1) is 0 Å². The van der Waals surface area contributed by atoms with Crippen LogP contribution in [0.3, 0.4) is 0 Å². The molecule has 4 rings (SSSR count). The molecule has 0 radical (unpaired) electrons. The standard InChI is InChI=1S/C25H35FN4/c1-27-13-15-28(16-14-27)12-6-9-23-24(26)10-5-11-25(23)30-19-17-29(18-20-30)21-22-7-3-2-4-8-22/h2-5,7-8,10-11H,6,9,12-21H2,1H3. The Morgan fingerprint density at radius 3 is 2.20 bits per heavy atom. The van der Waals surface area contributed by atoms with Crippen LogP contribution in [-0.4, -0.2) is 80.7 Å². The van der Waals surface area contributed by atoms with E-state index in [9.17, 15) is 4.39 Å². The minimum Gasteiger partial charge on any atom is -0.369 e. The fourth-order valence-corrected chi connectivity index (χ4v) is 4.63. The second-order valence-corrected chi connectivity index (χ2v) is 8.73. The number of halogens is 1. The van der Waals surface area contributed by atoms with Crippen molar-refractivity contribution in [3.8, 4) is 0 Å². The number of piperazine rings is 2. The van der Waals surface area contributed by atoms with E-state index in [0.717, 1.165) is 89.5 Å². The van der Waals surface area contributed by atoms with Gasteiger partial charge >= 0.3 is 0 Å². The Hall–Kier alpha value is -1.95. The number of likely N-dealkylation sites (N-methyl/N-ethyl adjacent to an activating group) is 1. The lowest BCUT2D eigenvalue weighted by Gasteiger charge is -2.37. The zero-order valence-electron chi connectivity index (χ0n) is 18.3. The van der Waals surface area contributed by atoms with Gasteiger partial charge in [-0.1, -0.05) is 36.4 Å². The second-order valence-electron chi connectivity index (χ2n) is 8.73. The number of anilines is 1. The summed E-state index contributed by atoms with van der Waals surface area (Å²) in [4.78, 5) is 9.78. The average Bonchev–Trinajstić information content (AvgIpc) is 2.77. The fraction of sp³-hybridized carbons (Fsp3) is 0.520. The molecule has 0 aliphatic carbocycles. The van der Waals surface area contributed by atoms with Crippen LogP contribution in [-0.2, 0) is 13.0 Å². The highest BCUT2D eigenvalue weighted by Gasteiger charge is 2.21. The zero-order valence-corrected chi connectivity index (χ0v) is 18.3. The van der Waals surface area contributed by atoms with Crippen molar-refractivity contribution < 1.29 is 4.39 Å². The Kier molecular flexibility index (Phi) is 7.37. The van der Waals surface area contributed by atoms with Gasteiger partial charge in [0, 0.05) is 70.2 Å². The van der Waals surface area contributed by atoms with Gasteiger partial charge < -0.3 is 14.7 Å². The first-order valence-electron chi connectivity index (χ1n) is 11.4. The molecule has 2 aliphatic heterocycles. The molecular formula is C25H35FN4. The number of hydrogen-bond acceptors (Lipinski definition) is 4. The summed E-state index contributed by atoms with van der Waals surface area (Å²) in [6, 6.07) is 16.3. The zero-order chi connectivity index (χ0) is 20.8. The monoisotopic (exact) mass is 410 g/mol. The number of benzene rings is 2. The highest BCUT2D eigenvalue weighted by molar-refractivity contribution is 5.54. The van der Waals surface area contributed by atoms with Crippen molar-refractivity contribution in [2.24, 2.45) is 0 Å². The first kappa shape index (κ1) is 21.3.